The van der Waals surface area contributed by atoms with Gasteiger partial charge in [0, 0.05) is 21.4 Å². The van der Waals surface area contributed by atoms with Gasteiger partial charge >= 0.3 is 0 Å². The molecule has 0 spiro atoms. The first-order chi connectivity index (χ1) is 8.31. The molecule has 94 valence electrons. The Hall–Kier alpha value is 0.100. The van der Waals surface area contributed by atoms with Crippen LogP contribution < -0.4 is 5.73 Å². The molecule has 1 aliphatic heterocycles. The molecule has 2 nitrogen and oxygen atoms in total. The van der Waals surface area contributed by atoms with E-state index in [0.717, 1.165) is 12.6 Å². The Morgan fingerprint density at radius 1 is 1.41 bits per heavy atom. The second-order valence-electron chi connectivity index (χ2n) is 5.18. The zero-order chi connectivity index (χ0) is 11.8. The van der Waals surface area contributed by atoms with Gasteiger partial charge in [0.25, 0.3) is 0 Å². The number of nitrogens with zero attached hydrogens (tertiary/aromatic N) is 1. The number of likely N-dealkylation sites (tertiary alicyclic amines) is 1. The number of thiophene rings is 1. The van der Waals surface area contributed by atoms with E-state index in [1.807, 2.05) is 11.3 Å². The maximum Gasteiger partial charge on any atom is 0.0495 e. The molecule has 2 heterocycles. The molecule has 1 aliphatic carbocycles. The van der Waals surface area contributed by atoms with Crippen LogP contribution in [0.5, 0.6) is 0 Å². The van der Waals surface area contributed by atoms with Gasteiger partial charge in [-0.25, -0.2) is 0 Å². The van der Waals surface area contributed by atoms with Crippen LogP contribution in [0.15, 0.2) is 15.9 Å². The zero-order valence-electron chi connectivity index (χ0n) is 9.94. The third kappa shape index (κ3) is 2.33. The van der Waals surface area contributed by atoms with E-state index >= 15 is 0 Å². The Bertz CT molecular complexity index is 389. The molecule has 4 heteroatoms. The fourth-order valence-electron chi connectivity index (χ4n) is 3.05. The number of halogens is 1. The molecule has 2 unspecified atom stereocenters. The molecular formula is C13H19BrN2S. The predicted molar refractivity (Wildman–Crippen MR) is 76.3 cm³/mol. The Labute approximate surface area is 115 Å². The van der Waals surface area contributed by atoms with Gasteiger partial charge in [0.05, 0.1) is 0 Å². The first-order valence-corrected chi connectivity index (χ1v) is 8.17. The van der Waals surface area contributed by atoms with E-state index in [9.17, 15) is 0 Å². The molecule has 1 saturated heterocycles. The molecule has 2 atom stereocenters. The summed E-state index contributed by atoms with van der Waals surface area (Å²) in [5, 5.41) is 2.19. The van der Waals surface area contributed by atoms with E-state index in [4.69, 9.17) is 5.73 Å². The predicted octanol–water partition coefficient (Wildman–Crippen LogP) is 3.38. The molecule has 2 N–H and O–H groups in total. The van der Waals surface area contributed by atoms with Crippen molar-refractivity contribution in [2.24, 2.45) is 11.7 Å². The summed E-state index contributed by atoms with van der Waals surface area (Å²) >= 11 is 5.58. The van der Waals surface area contributed by atoms with Crippen LogP contribution in [0.4, 0.5) is 0 Å². The van der Waals surface area contributed by atoms with Gasteiger partial charge in [-0.05, 0) is 72.1 Å². The lowest BCUT2D eigenvalue weighted by molar-refractivity contribution is 0.0900. The van der Waals surface area contributed by atoms with Gasteiger partial charge < -0.3 is 5.73 Å². The van der Waals surface area contributed by atoms with Gasteiger partial charge in [-0.3, -0.25) is 4.90 Å². The molecule has 17 heavy (non-hydrogen) atoms. The van der Waals surface area contributed by atoms with E-state index in [-0.39, 0.29) is 0 Å². The Morgan fingerprint density at radius 2 is 2.24 bits per heavy atom. The van der Waals surface area contributed by atoms with Crippen molar-refractivity contribution in [3.63, 3.8) is 0 Å². The van der Waals surface area contributed by atoms with Crippen molar-refractivity contribution in [1.82, 2.24) is 4.90 Å². The van der Waals surface area contributed by atoms with Crippen LogP contribution >= 0.6 is 27.3 Å². The molecule has 0 bridgehead atoms. The zero-order valence-corrected chi connectivity index (χ0v) is 12.3. The highest BCUT2D eigenvalue weighted by Gasteiger charge is 2.41. The summed E-state index contributed by atoms with van der Waals surface area (Å²) in [4.78, 5) is 4.21. The van der Waals surface area contributed by atoms with Gasteiger partial charge in [-0.2, -0.15) is 0 Å². The third-order valence-electron chi connectivity index (χ3n) is 4.03. The van der Waals surface area contributed by atoms with Crippen LogP contribution in [0.3, 0.4) is 0 Å². The van der Waals surface area contributed by atoms with Crippen molar-refractivity contribution in [1.29, 1.82) is 0 Å². The first kappa shape index (κ1) is 12.2. The minimum atomic E-state index is 0.565. The van der Waals surface area contributed by atoms with Gasteiger partial charge in [-0.15, -0.1) is 11.3 Å². The lowest BCUT2D eigenvalue weighted by Crippen LogP contribution is -2.42. The second kappa shape index (κ2) is 5.00. The van der Waals surface area contributed by atoms with Crippen LogP contribution in [-0.2, 0) is 0 Å². The van der Waals surface area contributed by atoms with Gasteiger partial charge in [0.15, 0.2) is 0 Å². The van der Waals surface area contributed by atoms with Crippen molar-refractivity contribution in [2.75, 3.05) is 13.1 Å². The molecule has 0 amide bonds. The smallest absolute Gasteiger partial charge is 0.0495 e. The van der Waals surface area contributed by atoms with Crippen LogP contribution in [0, 0.1) is 5.92 Å². The largest absolute Gasteiger partial charge is 0.330 e. The van der Waals surface area contributed by atoms with E-state index in [2.05, 4.69) is 32.3 Å². The summed E-state index contributed by atoms with van der Waals surface area (Å²) in [6.45, 7) is 2.08. The van der Waals surface area contributed by atoms with Crippen LogP contribution in [-0.4, -0.2) is 24.0 Å². The molecule has 0 aromatic carbocycles. The van der Waals surface area contributed by atoms with Crippen LogP contribution in [0.2, 0.25) is 0 Å². The highest BCUT2D eigenvalue weighted by Crippen LogP contribution is 2.45. The minimum Gasteiger partial charge on any atom is -0.330 e. The molecule has 2 aliphatic rings. The van der Waals surface area contributed by atoms with Gasteiger partial charge in [0.2, 0.25) is 0 Å². The van der Waals surface area contributed by atoms with E-state index in [1.165, 1.54) is 41.6 Å². The fraction of sp³-hybridized carbons (Fsp3) is 0.692. The standard InChI is InChI=1S/C13H19BrN2S/c14-11-5-7-17-13(11)12-9(8-15)2-1-6-16(12)10-3-4-10/h5,7,9-10,12H,1-4,6,8,15H2. The summed E-state index contributed by atoms with van der Waals surface area (Å²) in [5.74, 6) is 0.638. The maximum atomic E-state index is 6.00. The number of hydrogen-bond acceptors (Lipinski definition) is 3. The van der Waals surface area contributed by atoms with Crippen molar-refractivity contribution in [3.8, 4) is 0 Å². The third-order valence-corrected chi connectivity index (χ3v) is 5.97. The fourth-order valence-corrected chi connectivity index (χ4v) is 4.87. The molecule has 1 saturated carbocycles. The van der Waals surface area contributed by atoms with E-state index in [1.54, 1.807) is 0 Å². The summed E-state index contributed by atoms with van der Waals surface area (Å²) in [7, 11) is 0. The quantitative estimate of drug-likeness (QED) is 0.926. The molecule has 1 aromatic heterocycles. The monoisotopic (exact) mass is 314 g/mol. The molecular weight excluding hydrogens is 296 g/mol. The summed E-state index contributed by atoms with van der Waals surface area (Å²) in [5.41, 5.74) is 6.00. The van der Waals surface area contributed by atoms with Crippen molar-refractivity contribution >= 4 is 27.3 Å². The van der Waals surface area contributed by atoms with Crippen molar-refractivity contribution in [2.45, 2.75) is 37.8 Å². The lowest BCUT2D eigenvalue weighted by Gasteiger charge is -2.41. The van der Waals surface area contributed by atoms with Crippen molar-refractivity contribution < 1.29 is 0 Å². The lowest BCUT2D eigenvalue weighted by atomic mass is 9.88. The summed E-state index contributed by atoms with van der Waals surface area (Å²) < 4.78 is 1.28. The minimum absolute atomic E-state index is 0.565. The van der Waals surface area contributed by atoms with Crippen LogP contribution in [0.25, 0.3) is 0 Å². The Kier molecular flexibility index (Phi) is 3.57. The molecule has 2 fully saturated rings. The summed E-state index contributed by atoms with van der Waals surface area (Å²) in [6, 6.07) is 3.58. The number of rotatable bonds is 3. The van der Waals surface area contributed by atoms with Gasteiger partial charge in [-0.1, -0.05) is 0 Å². The second-order valence-corrected chi connectivity index (χ2v) is 6.99. The Balaban J connectivity index is 1.91. The van der Waals surface area contributed by atoms with Crippen molar-refractivity contribution in [3.05, 3.63) is 20.8 Å². The highest BCUT2D eigenvalue weighted by atomic mass is 79.9. The Morgan fingerprint density at radius 3 is 2.82 bits per heavy atom. The van der Waals surface area contributed by atoms with Crippen LogP contribution in [0.1, 0.15) is 36.6 Å². The summed E-state index contributed by atoms with van der Waals surface area (Å²) in [6.07, 6.45) is 5.38. The SMILES string of the molecule is NCC1CCCN(C2CC2)C1c1sccc1Br. The number of nitrogens with two attached hydrogens (primary N) is 1. The molecule has 0 radical (unpaired) electrons. The molecule has 1 aromatic rings. The number of hydrogen-bond donors (Lipinski definition) is 1. The topological polar surface area (TPSA) is 29.3 Å². The average Bonchev–Trinajstić information content (AvgIpc) is 3.11. The average molecular weight is 315 g/mol. The normalized spacial score (nSPS) is 30.7. The van der Waals surface area contributed by atoms with E-state index in [0.29, 0.717) is 12.0 Å². The number of piperidine rings is 1. The first-order valence-electron chi connectivity index (χ1n) is 6.50. The highest BCUT2D eigenvalue weighted by molar-refractivity contribution is 9.10. The van der Waals surface area contributed by atoms with Gasteiger partial charge in [0.1, 0.15) is 0 Å². The maximum absolute atomic E-state index is 6.00. The van der Waals surface area contributed by atoms with E-state index < -0.39 is 0 Å². The molecule has 3 rings (SSSR count).